The Hall–Kier alpha value is -7.40. The average Bonchev–Trinajstić information content (AvgIpc) is 3.97. The van der Waals surface area contributed by atoms with E-state index in [-0.39, 0.29) is 12.1 Å². The van der Waals surface area contributed by atoms with Gasteiger partial charge in [0.05, 0.1) is 11.1 Å². The Morgan fingerprint density at radius 1 is 0.478 bits per heavy atom. The van der Waals surface area contributed by atoms with E-state index < -0.39 is 5.41 Å². The van der Waals surface area contributed by atoms with Crippen LogP contribution in [0.5, 0.6) is 0 Å². The van der Waals surface area contributed by atoms with E-state index in [0.29, 0.717) is 0 Å². The van der Waals surface area contributed by atoms with E-state index in [2.05, 4.69) is 239 Å². The molecular weight excluding hydrogens is 828 g/mol. The highest BCUT2D eigenvalue weighted by Gasteiger charge is 2.53. The van der Waals surface area contributed by atoms with Crippen LogP contribution in [0.1, 0.15) is 59.7 Å². The van der Waals surface area contributed by atoms with Gasteiger partial charge in [0, 0.05) is 43.3 Å². The second-order valence-corrected chi connectivity index (χ2v) is 21.2. The van der Waals surface area contributed by atoms with E-state index in [1.165, 1.54) is 127 Å². The molecule has 2 aliphatic carbocycles. The van der Waals surface area contributed by atoms with Crippen LogP contribution >= 0.6 is 11.3 Å². The first-order chi connectivity index (χ1) is 32.7. The maximum atomic E-state index is 2.61. The van der Waals surface area contributed by atoms with Gasteiger partial charge in [-0.05, 0) is 157 Å². The van der Waals surface area contributed by atoms with Gasteiger partial charge in [-0.25, -0.2) is 0 Å². The predicted octanol–water partition coefficient (Wildman–Crippen LogP) is 14.9. The Morgan fingerprint density at radius 3 is 1.73 bits per heavy atom. The number of aryl methyl sites for hydroxylation is 2. The van der Waals surface area contributed by atoms with Gasteiger partial charge in [0.25, 0.3) is 6.71 Å². The van der Waals surface area contributed by atoms with Crippen molar-refractivity contribution in [1.29, 1.82) is 0 Å². The van der Waals surface area contributed by atoms with Gasteiger partial charge in [-0.3, -0.25) is 0 Å². The summed E-state index contributed by atoms with van der Waals surface area (Å²) in [5, 5.41) is 1.31. The molecule has 0 radical (unpaired) electrons. The van der Waals surface area contributed by atoms with Crippen LogP contribution in [0.4, 0.5) is 34.1 Å². The lowest BCUT2D eigenvalue weighted by atomic mass is 9.36. The van der Waals surface area contributed by atoms with Gasteiger partial charge in [-0.1, -0.05) is 160 Å². The lowest BCUT2D eigenvalue weighted by Crippen LogP contribution is -2.60. The van der Waals surface area contributed by atoms with Crippen molar-refractivity contribution in [2.24, 2.45) is 0 Å². The van der Waals surface area contributed by atoms with E-state index in [9.17, 15) is 0 Å². The van der Waals surface area contributed by atoms with E-state index in [0.717, 1.165) is 5.69 Å². The van der Waals surface area contributed by atoms with Crippen molar-refractivity contribution < 1.29 is 0 Å². The number of thiophene rings is 1. The summed E-state index contributed by atoms with van der Waals surface area (Å²) in [6.07, 6.45) is 0. The highest BCUT2D eigenvalue weighted by molar-refractivity contribution is 7.33. The van der Waals surface area contributed by atoms with Crippen LogP contribution in [0.2, 0.25) is 0 Å². The second-order valence-electron chi connectivity index (χ2n) is 20.1. The van der Waals surface area contributed by atoms with Gasteiger partial charge in [-0.2, -0.15) is 0 Å². The fourth-order valence-electron chi connectivity index (χ4n) is 12.6. The molecule has 0 saturated carbocycles. The fourth-order valence-corrected chi connectivity index (χ4v) is 14.0. The van der Waals surface area contributed by atoms with E-state index >= 15 is 0 Å². The van der Waals surface area contributed by atoms with Gasteiger partial charge in [0.15, 0.2) is 0 Å². The van der Waals surface area contributed by atoms with Crippen LogP contribution in [0.15, 0.2) is 194 Å². The standard InChI is InChI=1S/C63H47BN2S/c1-38-18-16-19-39(2)58(38)40-30-33-53-56(34-40)65(42-20-8-6-9-21-42)54-28-17-29-55-59(54)64(53)61-60(66(55)43-22-10-7-11-23-43)48-36-47-46-32-31-41(62(3,4)5)35-51(46)63(52(47)37-57(48)67-61)49-26-14-12-24-44(49)45-25-13-15-27-50(45)63/h6-37H,1-5H3. The molecule has 67 heavy (non-hydrogen) atoms. The van der Waals surface area contributed by atoms with Crippen LogP contribution in [0, 0.1) is 13.8 Å². The van der Waals surface area contributed by atoms with Crippen molar-refractivity contribution in [2.45, 2.75) is 45.4 Å². The van der Waals surface area contributed by atoms with E-state index in [1.807, 2.05) is 11.3 Å². The van der Waals surface area contributed by atoms with Gasteiger partial charge in [0.2, 0.25) is 0 Å². The molecule has 3 heterocycles. The quantitative estimate of drug-likeness (QED) is 0.163. The van der Waals surface area contributed by atoms with E-state index in [4.69, 9.17) is 0 Å². The van der Waals surface area contributed by atoms with Gasteiger partial charge < -0.3 is 9.80 Å². The zero-order valence-corrected chi connectivity index (χ0v) is 39.2. The molecule has 318 valence electrons. The number of benzene rings is 9. The summed E-state index contributed by atoms with van der Waals surface area (Å²) >= 11 is 2.00. The summed E-state index contributed by atoms with van der Waals surface area (Å²) in [6.45, 7) is 11.5. The third kappa shape index (κ3) is 5.17. The lowest BCUT2D eigenvalue weighted by molar-refractivity contribution is 0.588. The highest BCUT2D eigenvalue weighted by Crippen LogP contribution is 2.64. The summed E-state index contributed by atoms with van der Waals surface area (Å²) < 4.78 is 2.71. The Morgan fingerprint density at radius 2 is 1.06 bits per heavy atom. The van der Waals surface area contributed by atoms with Crippen molar-refractivity contribution in [2.75, 3.05) is 9.80 Å². The molecule has 0 saturated heterocycles. The first kappa shape index (κ1) is 38.8. The molecule has 2 nitrogen and oxygen atoms in total. The third-order valence-electron chi connectivity index (χ3n) is 15.5. The Kier molecular flexibility index (Phi) is 8.01. The highest BCUT2D eigenvalue weighted by atomic mass is 32.1. The molecule has 0 unspecified atom stereocenters. The third-order valence-corrected chi connectivity index (χ3v) is 16.7. The Balaban J connectivity index is 1.09. The molecule has 10 aromatic rings. The SMILES string of the molecule is Cc1cccc(C)c1-c1ccc2c(c1)N(c1ccccc1)c1cccc3c1B2c1sc2cc4c(cc2c1N3c1ccccc1)-c1ccc(C(C)(C)C)cc1C41c2ccccc2-c2ccccc21. The molecule has 0 N–H and O–H groups in total. The normalized spacial score (nSPS) is 14.4. The minimum Gasteiger partial charge on any atom is -0.311 e. The molecule has 4 aliphatic rings. The van der Waals surface area contributed by atoms with Crippen molar-refractivity contribution in [3.05, 3.63) is 233 Å². The fraction of sp³-hybridized carbons (Fsp3) is 0.111. The summed E-state index contributed by atoms with van der Waals surface area (Å²) in [6, 6.07) is 74.0. The van der Waals surface area contributed by atoms with Gasteiger partial charge in [0.1, 0.15) is 0 Å². The molecule has 0 atom stereocenters. The molecular formula is C63H47BN2S. The van der Waals surface area contributed by atoms with Crippen molar-refractivity contribution in [3.63, 3.8) is 0 Å². The van der Waals surface area contributed by atoms with Crippen LogP contribution in [-0.4, -0.2) is 6.71 Å². The summed E-state index contributed by atoms with van der Waals surface area (Å²) in [5.74, 6) is 0. The monoisotopic (exact) mass is 874 g/mol. The van der Waals surface area contributed by atoms with Crippen molar-refractivity contribution >= 4 is 78.0 Å². The molecule has 4 heteroatoms. The van der Waals surface area contributed by atoms with Crippen LogP contribution < -0.4 is 25.5 Å². The lowest BCUT2D eigenvalue weighted by Gasteiger charge is -2.43. The number of anilines is 6. The summed E-state index contributed by atoms with van der Waals surface area (Å²) in [7, 11) is 0. The number of para-hydroxylation sites is 2. The van der Waals surface area contributed by atoms with Crippen LogP contribution in [0.25, 0.3) is 43.5 Å². The van der Waals surface area contributed by atoms with E-state index in [1.54, 1.807) is 0 Å². The van der Waals surface area contributed by atoms with Crippen molar-refractivity contribution in [3.8, 4) is 33.4 Å². The minimum atomic E-state index is -0.440. The minimum absolute atomic E-state index is 0.00359. The number of nitrogens with zero attached hydrogens (tertiary/aromatic N) is 2. The topological polar surface area (TPSA) is 6.48 Å². The molecule has 0 fully saturated rings. The zero-order chi connectivity index (χ0) is 44.9. The maximum absolute atomic E-state index is 2.61. The Bertz CT molecular complexity index is 3660. The van der Waals surface area contributed by atoms with Gasteiger partial charge >= 0.3 is 0 Å². The number of fused-ring (bicyclic) bond motifs is 16. The first-order valence-corrected chi connectivity index (χ1v) is 24.5. The predicted molar refractivity (Wildman–Crippen MR) is 286 cm³/mol. The molecule has 9 aromatic carbocycles. The summed E-state index contributed by atoms with van der Waals surface area (Å²) in [5.41, 5.74) is 27.0. The zero-order valence-electron chi connectivity index (χ0n) is 38.4. The largest absolute Gasteiger partial charge is 0.311 e. The summed E-state index contributed by atoms with van der Waals surface area (Å²) in [4.78, 5) is 5.11. The molecule has 2 aliphatic heterocycles. The number of hydrogen-bond donors (Lipinski definition) is 0. The van der Waals surface area contributed by atoms with Crippen LogP contribution in [0.3, 0.4) is 0 Å². The molecule has 1 spiro atoms. The second kappa shape index (κ2) is 13.8. The van der Waals surface area contributed by atoms with Gasteiger partial charge in [-0.15, -0.1) is 11.3 Å². The maximum Gasteiger partial charge on any atom is 0.264 e. The number of hydrogen-bond acceptors (Lipinski definition) is 3. The average molecular weight is 875 g/mol. The molecule has 14 rings (SSSR count). The number of rotatable bonds is 3. The van der Waals surface area contributed by atoms with Crippen LogP contribution in [-0.2, 0) is 10.8 Å². The molecule has 0 amide bonds. The smallest absolute Gasteiger partial charge is 0.264 e. The van der Waals surface area contributed by atoms with Crippen molar-refractivity contribution in [1.82, 2.24) is 0 Å². The Labute approximate surface area is 397 Å². The molecule has 0 bridgehead atoms. The first-order valence-electron chi connectivity index (χ1n) is 23.7. The molecule has 1 aromatic heterocycles.